The molecule has 0 heterocycles. The van der Waals surface area contributed by atoms with Crippen molar-refractivity contribution in [3.05, 3.63) is 71.8 Å². The number of nitrogens with zero attached hydrogens (tertiary/aromatic N) is 1. The highest BCUT2D eigenvalue weighted by atomic mass is 32.2. The molecular formula is C25H29NO6S. The third-order valence-electron chi connectivity index (χ3n) is 5.44. The van der Waals surface area contributed by atoms with E-state index in [-0.39, 0.29) is 4.90 Å². The van der Waals surface area contributed by atoms with E-state index in [1.54, 1.807) is 81.8 Å². The molecule has 0 radical (unpaired) electrons. The Bertz CT molecular complexity index is 1210. The van der Waals surface area contributed by atoms with Crippen LogP contribution in [0.3, 0.4) is 0 Å². The molecule has 0 aliphatic rings. The van der Waals surface area contributed by atoms with Crippen LogP contribution in [0.15, 0.2) is 65.6 Å². The van der Waals surface area contributed by atoms with Crippen molar-refractivity contribution >= 4 is 15.7 Å². The molecule has 0 amide bonds. The fourth-order valence-corrected chi connectivity index (χ4v) is 5.28. The molecule has 0 N–H and O–H groups in total. The van der Waals surface area contributed by atoms with Gasteiger partial charge in [-0.25, -0.2) is 8.42 Å². The van der Waals surface area contributed by atoms with E-state index in [1.165, 1.54) is 18.5 Å². The lowest BCUT2D eigenvalue weighted by Gasteiger charge is -2.32. The van der Waals surface area contributed by atoms with Gasteiger partial charge in [-0.2, -0.15) is 0 Å². The van der Waals surface area contributed by atoms with E-state index < -0.39 is 16.1 Å². The van der Waals surface area contributed by atoms with Crippen LogP contribution in [0.2, 0.25) is 0 Å². The lowest BCUT2D eigenvalue weighted by Crippen LogP contribution is -2.34. The van der Waals surface area contributed by atoms with Gasteiger partial charge in [0.15, 0.2) is 11.5 Å². The maximum Gasteiger partial charge on any atom is 0.264 e. The number of sulfonamides is 1. The molecule has 176 valence electrons. The second-order valence-electron chi connectivity index (χ2n) is 7.44. The lowest BCUT2D eigenvalue weighted by atomic mass is 10.1. The molecule has 33 heavy (non-hydrogen) atoms. The van der Waals surface area contributed by atoms with E-state index in [1.807, 2.05) is 6.92 Å². The van der Waals surface area contributed by atoms with Crippen molar-refractivity contribution in [2.24, 2.45) is 0 Å². The van der Waals surface area contributed by atoms with E-state index in [4.69, 9.17) is 18.9 Å². The molecule has 0 saturated carbocycles. The predicted octanol–water partition coefficient (Wildman–Crippen LogP) is 4.99. The number of benzene rings is 3. The molecular weight excluding hydrogens is 442 g/mol. The Balaban J connectivity index is 2.25. The summed E-state index contributed by atoms with van der Waals surface area (Å²) in [5.74, 6) is 2.06. The molecule has 3 rings (SSSR count). The van der Waals surface area contributed by atoms with Gasteiger partial charge in [0.2, 0.25) is 0 Å². The van der Waals surface area contributed by atoms with E-state index in [0.717, 1.165) is 5.56 Å². The van der Waals surface area contributed by atoms with Crippen LogP contribution < -0.4 is 23.3 Å². The molecule has 0 aliphatic heterocycles. The molecule has 0 saturated heterocycles. The van der Waals surface area contributed by atoms with Crippen molar-refractivity contribution in [1.29, 1.82) is 0 Å². The minimum Gasteiger partial charge on any atom is -0.497 e. The summed E-state index contributed by atoms with van der Waals surface area (Å²) in [6.07, 6.45) is 0. The van der Waals surface area contributed by atoms with Crippen LogP contribution in [-0.4, -0.2) is 36.9 Å². The zero-order valence-corrected chi connectivity index (χ0v) is 20.5. The Morgan fingerprint density at radius 3 is 1.91 bits per heavy atom. The van der Waals surface area contributed by atoms with Gasteiger partial charge >= 0.3 is 0 Å². The van der Waals surface area contributed by atoms with E-state index in [2.05, 4.69) is 0 Å². The monoisotopic (exact) mass is 471 g/mol. The topological polar surface area (TPSA) is 74.3 Å². The summed E-state index contributed by atoms with van der Waals surface area (Å²) < 4.78 is 51.0. The molecule has 0 aliphatic carbocycles. The van der Waals surface area contributed by atoms with Gasteiger partial charge in [-0.05, 0) is 56.3 Å². The molecule has 0 unspecified atom stereocenters. The average molecular weight is 472 g/mol. The zero-order valence-electron chi connectivity index (χ0n) is 19.7. The first-order chi connectivity index (χ1) is 15.8. The molecule has 7 nitrogen and oxygen atoms in total. The summed E-state index contributed by atoms with van der Waals surface area (Å²) in [6.45, 7) is 3.71. The number of anilines is 1. The average Bonchev–Trinajstić information content (AvgIpc) is 2.83. The summed E-state index contributed by atoms with van der Waals surface area (Å²) in [5, 5.41) is 0. The standard InChI is InChI=1S/C25H29NO6S/c1-17-7-11-21(12-8-17)33(27,28)26(19-9-13-24(31-5)25(15-19)32-6)18(2)22-16-20(29-3)10-14-23(22)30-4/h7-16,18H,1-6H3/t18-/m0/s1. The van der Waals surface area contributed by atoms with Crippen LogP contribution >= 0.6 is 0 Å². The van der Waals surface area contributed by atoms with Gasteiger partial charge in [-0.3, -0.25) is 4.31 Å². The molecule has 3 aromatic rings. The first kappa shape index (κ1) is 24.3. The first-order valence-electron chi connectivity index (χ1n) is 10.3. The molecule has 8 heteroatoms. The van der Waals surface area contributed by atoms with Gasteiger partial charge in [0.1, 0.15) is 11.5 Å². The largest absolute Gasteiger partial charge is 0.497 e. The zero-order chi connectivity index (χ0) is 24.2. The van der Waals surface area contributed by atoms with Crippen molar-refractivity contribution < 1.29 is 27.4 Å². The van der Waals surface area contributed by atoms with Gasteiger partial charge in [-0.15, -0.1) is 0 Å². The third kappa shape index (κ3) is 4.85. The van der Waals surface area contributed by atoms with E-state index in [9.17, 15) is 8.42 Å². The first-order valence-corrected chi connectivity index (χ1v) is 11.8. The smallest absolute Gasteiger partial charge is 0.264 e. The van der Waals surface area contributed by atoms with Crippen molar-refractivity contribution in [3.8, 4) is 23.0 Å². The minimum atomic E-state index is -3.97. The number of hydrogen-bond donors (Lipinski definition) is 0. The fourth-order valence-electron chi connectivity index (χ4n) is 3.65. The Labute approximate surface area is 195 Å². The highest BCUT2D eigenvalue weighted by Gasteiger charge is 2.32. The number of rotatable bonds is 9. The highest BCUT2D eigenvalue weighted by Crippen LogP contribution is 2.41. The minimum absolute atomic E-state index is 0.177. The van der Waals surface area contributed by atoms with Gasteiger partial charge in [0.25, 0.3) is 10.0 Å². The normalized spacial score (nSPS) is 12.1. The SMILES string of the molecule is COc1ccc(OC)c([C@H](C)N(c2ccc(OC)c(OC)c2)S(=O)(=O)c2ccc(C)cc2)c1. The van der Waals surface area contributed by atoms with Crippen LogP contribution in [0.1, 0.15) is 24.1 Å². The Kier molecular flexibility index (Phi) is 7.38. The second-order valence-corrected chi connectivity index (χ2v) is 9.25. The van der Waals surface area contributed by atoms with Crippen LogP contribution in [0.5, 0.6) is 23.0 Å². The summed E-state index contributed by atoms with van der Waals surface area (Å²) >= 11 is 0. The Hall–Kier alpha value is -3.39. The van der Waals surface area contributed by atoms with Gasteiger partial charge in [0.05, 0.1) is 45.1 Å². The summed E-state index contributed by atoms with van der Waals surface area (Å²) in [4.78, 5) is 0.177. The van der Waals surface area contributed by atoms with Crippen molar-refractivity contribution in [2.45, 2.75) is 24.8 Å². The quantitative estimate of drug-likeness (QED) is 0.438. The number of ether oxygens (including phenoxy) is 4. The predicted molar refractivity (Wildman–Crippen MR) is 128 cm³/mol. The molecule has 0 aromatic heterocycles. The van der Waals surface area contributed by atoms with Crippen molar-refractivity contribution in [3.63, 3.8) is 0 Å². The molecule has 0 fully saturated rings. The maximum atomic E-state index is 13.9. The van der Waals surface area contributed by atoms with Crippen LogP contribution in [0.25, 0.3) is 0 Å². The fraction of sp³-hybridized carbons (Fsp3) is 0.280. The van der Waals surface area contributed by atoms with Crippen LogP contribution in [0, 0.1) is 6.92 Å². The summed E-state index contributed by atoms with van der Waals surface area (Å²) in [7, 11) is 2.18. The number of methoxy groups -OCH3 is 4. The highest BCUT2D eigenvalue weighted by molar-refractivity contribution is 7.92. The molecule has 3 aromatic carbocycles. The van der Waals surface area contributed by atoms with E-state index in [0.29, 0.717) is 34.2 Å². The van der Waals surface area contributed by atoms with Crippen molar-refractivity contribution in [2.75, 3.05) is 32.7 Å². The lowest BCUT2D eigenvalue weighted by molar-refractivity contribution is 0.355. The Morgan fingerprint density at radius 2 is 1.33 bits per heavy atom. The number of hydrogen-bond acceptors (Lipinski definition) is 6. The Morgan fingerprint density at radius 1 is 0.727 bits per heavy atom. The molecule has 0 spiro atoms. The third-order valence-corrected chi connectivity index (χ3v) is 7.35. The van der Waals surface area contributed by atoms with Gasteiger partial charge < -0.3 is 18.9 Å². The second kappa shape index (κ2) is 10.0. The van der Waals surface area contributed by atoms with E-state index >= 15 is 0 Å². The summed E-state index contributed by atoms with van der Waals surface area (Å²) in [6, 6.07) is 16.4. The molecule has 0 bridgehead atoms. The van der Waals surface area contributed by atoms with Gasteiger partial charge in [-0.1, -0.05) is 17.7 Å². The van der Waals surface area contributed by atoms with Crippen LogP contribution in [-0.2, 0) is 10.0 Å². The van der Waals surface area contributed by atoms with Crippen LogP contribution in [0.4, 0.5) is 5.69 Å². The number of aryl methyl sites for hydroxylation is 1. The summed E-state index contributed by atoms with van der Waals surface area (Å²) in [5.41, 5.74) is 2.04. The molecule has 1 atom stereocenters. The van der Waals surface area contributed by atoms with Crippen molar-refractivity contribution in [1.82, 2.24) is 0 Å². The maximum absolute atomic E-state index is 13.9. The van der Waals surface area contributed by atoms with Gasteiger partial charge in [0, 0.05) is 11.6 Å².